The summed E-state index contributed by atoms with van der Waals surface area (Å²) in [5.41, 5.74) is 4.18. The molecule has 3 nitrogen and oxygen atoms in total. The van der Waals surface area contributed by atoms with Gasteiger partial charge in [-0.05, 0) is 42.3 Å². The Labute approximate surface area is 126 Å². The van der Waals surface area contributed by atoms with E-state index in [2.05, 4.69) is 32.6 Å². The predicted octanol–water partition coefficient (Wildman–Crippen LogP) is 3.73. The molecule has 1 aliphatic heterocycles. The minimum Gasteiger partial charge on any atom is -0.373 e. The monoisotopic (exact) mass is 330 g/mol. The van der Waals surface area contributed by atoms with E-state index in [1.54, 1.807) is 0 Å². The zero-order chi connectivity index (χ0) is 14.1. The number of carbonyl (C=O) groups is 1. The fraction of sp³-hybridized carbons (Fsp3) is 0.188. The van der Waals surface area contributed by atoms with Crippen molar-refractivity contribution in [3.8, 4) is 0 Å². The maximum atomic E-state index is 12.3. The molecule has 20 heavy (non-hydrogen) atoms. The van der Waals surface area contributed by atoms with Crippen LogP contribution in [0.4, 0.5) is 11.4 Å². The van der Waals surface area contributed by atoms with Crippen molar-refractivity contribution in [1.82, 2.24) is 0 Å². The largest absolute Gasteiger partial charge is 0.373 e. The highest BCUT2D eigenvalue weighted by Gasteiger charge is 2.26. The van der Waals surface area contributed by atoms with Crippen LogP contribution in [0.5, 0.6) is 0 Å². The van der Waals surface area contributed by atoms with Gasteiger partial charge in [0.2, 0.25) is 5.91 Å². The first kappa shape index (κ1) is 13.2. The molecule has 0 fully saturated rings. The van der Waals surface area contributed by atoms with Gasteiger partial charge in [-0.3, -0.25) is 4.79 Å². The molecule has 102 valence electrons. The molecule has 4 heteroatoms. The predicted molar refractivity (Wildman–Crippen MR) is 85.1 cm³/mol. The van der Waals surface area contributed by atoms with Gasteiger partial charge >= 0.3 is 0 Å². The molecule has 0 aliphatic carbocycles. The Morgan fingerprint density at radius 3 is 2.85 bits per heavy atom. The molecule has 3 rings (SSSR count). The Kier molecular flexibility index (Phi) is 3.49. The third kappa shape index (κ3) is 2.56. The molecule has 0 radical (unpaired) electrons. The summed E-state index contributed by atoms with van der Waals surface area (Å²) >= 11 is 3.46. The summed E-state index contributed by atoms with van der Waals surface area (Å²) in [6.07, 6.45) is 0.734. The number of hydrogen-bond acceptors (Lipinski definition) is 2. The van der Waals surface area contributed by atoms with Gasteiger partial charge in [0, 0.05) is 22.3 Å². The van der Waals surface area contributed by atoms with Gasteiger partial charge in [0.1, 0.15) is 6.04 Å². The van der Waals surface area contributed by atoms with E-state index < -0.39 is 0 Å². The summed E-state index contributed by atoms with van der Waals surface area (Å²) in [7, 11) is 0. The molecule has 0 bridgehead atoms. The van der Waals surface area contributed by atoms with Crippen LogP contribution in [0.3, 0.4) is 0 Å². The fourth-order valence-corrected chi connectivity index (χ4v) is 2.65. The summed E-state index contributed by atoms with van der Waals surface area (Å²) in [6.45, 7) is 2.00. The normalized spacial score (nSPS) is 16.4. The van der Waals surface area contributed by atoms with Gasteiger partial charge in [-0.25, -0.2) is 0 Å². The number of hydrogen-bond donors (Lipinski definition) is 2. The van der Waals surface area contributed by atoms with E-state index in [-0.39, 0.29) is 11.9 Å². The molecule has 0 aromatic heterocycles. The minimum absolute atomic E-state index is 0.00271. The van der Waals surface area contributed by atoms with Gasteiger partial charge in [-0.15, -0.1) is 0 Å². The zero-order valence-electron chi connectivity index (χ0n) is 11.1. The molecule has 1 atom stereocenters. The molecule has 1 heterocycles. The zero-order valence-corrected chi connectivity index (χ0v) is 12.7. The first-order chi connectivity index (χ1) is 9.63. The van der Waals surface area contributed by atoms with Crippen LogP contribution >= 0.6 is 15.9 Å². The van der Waals surface area contributed by atoms with Crippen molar-refractivity contribution in [1.29, 1.82) is 0 Å². The molecule has 2 aromatic rings. The second-order valence-electron chi connectivity index (χ2n) is 5.01. The van der Waals surface area contributed by atoms with Crippen molar-refractivity contribution in [2.75, 3.05) is 10.6 Å². The van der Waals surface area contributed by atoms with E-state index in [4.69, 9.17) is 0 Å². The summed E-state index contributed by atoms with van der Waals surface area (Å²) in [5.74, 6) is 0.00271. The molecule has 1 amide bonds. The molecule has 1 aliphatic rings. The number of para-hydroxylation sites is 1. The summed E-state index contributed by atoms with van der Waals surface area (Å²) in [4.78, 5) is 12.3. The van der Waals surface area contributed by atoms with E-state index in [0.717, 1.165) is 27.8 Å². The topological polar surface area (TPSA) is 41.1 Å². The van der Waals surface area contributed by atoms with Crippen LogP contribution in [0, 0.1) is 6.92 Å². The number of carbonyl (C=O) groups excluding carboxylic acids is 1. The third-order valence-electron chi connectivity index (χ3n) is 3.51. The molecule has 2 aromatic carbocycles. The molecule has 0 spiro atoms. The lowest BCUT2D eigenvalue weighted by atomic mass is 10.1. The first-order valence-corrected chi connectivity index (χ1v) is 7.34. The number of rotatable bonds is 2. The number of halogens is 1. The second-order valence-corrected chi connectivity index (χ2v) is 5.87. The Hall–Kier alpha value is -1.81. The molecule has 0 unspecified atom stereocenters. The number of fused-ring (bicyclic) bond motifs is 1. The lowest BCUT2D eigenvalue weighted by Gasteiger charge is -2.12. The van der Waals surface area contributed by atoms with Crippen molar-refractivity contribution in [3.63, 3.8) is 0 Å². The average molecular weight is 331 g/mol. The van der Waals surface area contributed by atoms with E-state index in [9.17, 15) is 4.79 Å². The fourth-order valence-electron chi connectivity index (χ4n) is 2.41. The highest BCUT2D eigenvalue weighted by atomic mass is 79.9. The quantitative estimate of drug-likeness (QED) is 0.880. The van der Waals surface area contributed by atoms with Gasteiger partial charge in [-0.1, -0.05) is 34.1 Å². The van der Waals surface area contributed by atoms with E-state index in [0.29, 0.717) is 0 Å². The molecule has 0 saturated carbocycles. The van der Waals surface area contributed by atoms with Crippen molar-refractivity contribution >= 4 is 33.2 Å². The number of anilines is 2. The van der Waals surface area contributed by atoms with Crippen LogP contribution in [-0.2, 0) is 11.2 Å². The minimum atomic E-state index is -0.198. The van der Waals surface area contributed by atoms with Crippen LogP contribution in [0.25, 0.3) is 0 Å². The number of amides is 1. The van der Waals surface area contributed by atoms with Crippen molar-refractivity contribution < 1.29 is 4.79 Å². The Bertz CT molecular complexity index is 644. The standard InChI is InChI=1S/C16H15BrN2O/c1-10-8-12(6-7-13(10)17)18-16(20)15-9-11-4-2-3-5-14(11)19-15/h2-8,15,19H,9H2,1H3,(H,18,20)/t15-/m0/s1. The molecular formula is C16H15BrN2O. The van der Waals surface area contributed by atoms with Crippen LogP contribution < -0.4 is 10.6 Å². The van der Waals surface area contributed by atoms with Gasteiger partial charge < -0.3 is 10.6 Å². The summed E-state index contributed by atoms with van der Waals surface area (Å²) < 4.78 is 1.04. The van der Waals surface area contributed by atoms with Gasteiger partial charge in [-0.2, -0.15) is 0 Å². The molecule has 2 N–H and O–H groups in total. The lowest BCUT2D eigenvalue weighted by molar-refractivity contribution is -0.116. The van der Waals surface area contributed by atoms with Crippen LogP contribution in [0.1, 0.15) is 11.1 Å². The summed E-state index contributed by atoms with van der Waals surface area (Å²) in [6, 6.07) is 13.6. The van der Waals surface area contributed by atoms with Gasteiger partial charge in [0.05, 0.1) is 0 Å². The van der Waals surface area contributed by atoms with E-state index in [1.807, 2.05) is 43.3 Å². The number of benzene rings is 2. The van der Waals surface area contributed by atoms with Crippen molar-refractivity contribution in [2.24, 2.45) is 0 Å². The molecular weight excluding hydrogens is 316 g/mol. The third-order valence-corrected chi connectivity index (χ3v) is 4.40. The highest BCUT2D eigenvalue weighted by molar-refractivity contribution is 9.10. The highest BCUT2D eigenvalue weighted by Crippen LogP contribution is 2.26. The SMILES string of the molecule is Cc1cc(NC(=O)[C@@H]2Cc3ccccc3N2)ccc1Br. The maximum Gasteiger partial charge on any atom is 0.247 e. The molecule has 0 saturated heterocycles. The van der Waals surface area contributed by atoms with Crippen molar-refractivity contribution in [2.45, 2.75) is 19.4 Å². The van der Waals surface area contributed by atoms with Gasteiger partial charge in [0.25, 0.3) is 0 Å². The Morgan fingerprint density at radius 2 is 2.10 bits per heavy atom. The number of aryl methyl sites for hydroxylation is 1. The van der Waals surface area contributed by atoms with E-state index in [1.165, 1.54) is 5.56 Å². The average Bonchev–Trinajstić information content (AvgIpc) is 2.87. The summed E-state index contributed by atoms with van der Waals surface area (Å²) in [5, 5.41) is 6.22. The maximum absolute atomic E-state index is 12.3. The smallest absolute Gasteiger partial charge is 0.247 e. The Balaban J connectivity index is 1.71. The van der Waals surface area contributed by atoms with Crippen LogP contribution in [-0.4, -0.2) is 11.9 Å². The van der Waals surface area contributed by atoms with Gasteiger partial charge in [0.15, 0.2) is 0 Å². The Morgan fingerprint density at radius 1 is 1.30 bits per heavy atom. The first-order valence-electron chi connectivity index (χ1n) is 6.55. The second kappa shape index (κ2) is 5.29. The lowest BCUT2D eigenvalue weighted by Crippen LogP contribution is -2.32. The van der Waals surface area contributed by atoms with Crippen LogP contribution in [0.15, 0.2) is 46.9 Å². The van der Waals surface area contributed by atoms with Crippen molar-refractivity contribution in [3.05, 3.63) is 58.1 Å². The van der Waals surface area contributed by atoms with Crippen LogP contribution in [0.2, 0.25) is 0 Å². The number of nitrogens with one attached hydrogen (secondary N) is 2. The van der Waals surface area contributed by atoms with E-state index >= 15 is 0 Å².